The molecule has 0 saturated heterocycles. The van der Waals surface area contributed by atoms with Crippen LogP contribution in [0.25, 0.3) is 22.0 Å². The quantitative estimate of drug-likeness (QED) is 0.636. The Balaban J connectivity index is 2.29. The van der Waals surface area contributed by atoms with E-state index in [2.05, 4.69) is 29.9 Å². The van der Waals surface area contributed by atoms with Crippen LogP contribution in [-0.2, 0) is 6.42 Å². The number of fused-ring (bicyclic) bond motifs is 1. The summed E-state index contributed by atoms with van der Waals surface area (Å²) in [5.41, 5.74) is 5.28. The van der Waals surface area contributed by atoms with E-state index >= 15 is 0 Å². The molecule has 0 aliphatic rings. The number of methoxy groups -OCH3 is 2. The third-order valence-corrected chi connectivity index (χ3v) is 4.42. The second kappa shape index (κ2) is 6.65. The topological polar surface area (TPSA) is 44.2 Å². The van der Waals surface area contributed by atoms with Gasteiger partial charge in [-0.25, -0.2) is 9.97 Å². The number of nitrogens with zero attached hydrogens (tertiary/aromatic N) is 2. The van der Waals surface area contributed by atoms with Gasteiger partial charge in [0.15, 0.2) is 0 Å². The van der Waals surface area contributed by atoms with Gasteiger partial charge in [0.25, 0.3) is 0 Å². The van der Waals surface area contributed by atoms with Gasteiger partial charge in [0, 0.05) is 23.2 Å². The molecule has 0 bridgehead atoms. The first-order valence-corrected chi connectivity index (χ1v) is 8.14. The van der Waals surface area contributed by atoms with Gasteiger partial charge >= 0.3 is 0 Å². The summed E-state index contributed by atoms with van der Waals surface area (Å²) in [5.74, 6) is 1.65. The summed E-state index contributed by atoms with van der Waals surface area (Å²) < 4.78 is 11.1. The van der Waals surface area contributed by atoms with Gasteiger partial charge in [-0.15, -0.1) is 0 Å². The summed E-state index contributed by atoms with van der Waals surface area (Å²) >= 11 is 5.87. The van der Waals surface area contributed by atoms with E-state index in [1.807, 2.05) is 18.2 Å². The normalized spacial score (nSPS) is 10.9. The molecule has 1 heterocycles. The molecule has 0 fully saturated rings. The van der Waals surface area contributed by atoms with Crippen molar-refractivity contribution in [3.05, 3.63) is 46.9 Å². The van der Waals surface area contributed by atoms with Crippen molar-refractivity contribution < 1.29 is 9.47 Å². The van der Waals surface area contributed by atoms with Crippen LogP contribution in [0.1, 0.15) is 18.1 Å². The molecule has 0 saturated carbocycles. The van der Waals surface area contributed by atoms with E-state index in [1.54, 1.807) is 20.4 Å². The highest BCUT2D eigenvalue weighted by molar-refractivity contribution is 6.28. The predicted octanol–water partition coefficient (Wildman–Crippen LogP) is 4.84. The lowest BCUT2D eigenvalue weighted by Crippen LogP contribution is -2.00. The first-order valence-electron chi connectivity index (χ1n) is 7.76. The van der Waals surface area contributed by atoms with Gasteiger partial charge in [0.05, 0.1) is 19.7 Å². The molecule has 0 radical (unpaired) electrons. The fourth-order valence-electron chi connectivity index (χ4n) is 3.09. The average Bonchev–Trinajstić information content (AvgIpc) is 2.60. The average molecular weight is 343 g/mol. The Morgan fingerprint density at radius 1 is 1.08 bits per heavy atom. The van der Waals surface area contributed by atoms with Crippen molar-refractivity contribution in [1.29, 1.82) is 0 Å². The zero-order valence-electron chi connectivity index (χ0n) is 14.2. The van der Waals surface area contributed by atoms with Crippen LogP contribution in [0.3, 0.4) is 0 Å². The maximum atomic E-state index is 5.87. The number of hydrogen-bond acceptors (Lipinski definition) is 4. The van der Waals surface area contributed by atoms with E-state index in [-0.39, 0.29) is 5.28 Å². The molecule has 0 spiro atoms. The number of rotatable bonds is 4. The molecule has 2 aromatic carbocycles. The molecule has 3 aromatic rings. The summed E-state index contributed by atoms with van der Waals surface area (Å²) in [6, 6.07) is 8.03. The Kier molecular flexibility index (Phi) is 4.58. The van der Waals surface area contributed by atoms with Gasteiger partial charge in [0.1, 0.15) is 11.5 Å². The van der Waals surface area contributed by atoms with Crippen LogP contribution in [0.4, 0.5) is 0 Å². The molecule has 0 amide bonds. The van der Waals surface area contributed by atoms with Gasteiger partial charge in [-0.3, -0.25) is 0 Å². The number of benzene rings is 2. The van der Waals surface area contributed by atoms with Crippen LogP contribution in [0.5, 0.6) is 11.5 Å². The van der Waals surface area contributed by atoms with E-state index in [0.29, 0.717) is 0 Å². The van der Waals surface area contributed by atoms with Crippen molar-refractivity contribution >= 4 is 22.5 Å². The molecule has 0 aliphatic carbocycles. The second-order valence-corrected chi connectivity index (χ2v) is 5.86. The molecule has 1 aromatic heterocycles. The molecule has 0 unspecified atom stereocenters. The fourth-order valence-corrected chi connectivity index (χ4v) is 3.23. The Bertz CT molecular complexity index is 909. The third-order valence-electron chi connectivity index (χ3n) is 4.24. The van der Waals surface area contributed by atoms with Gasteiger partial charge in [-0.2, -0.15) is 0 Å². The van der Waals surface area contributed by atoms with Crippen LogP contribution in [0.2, 0.25) is 5.28 Å². The molecule has 0 atom stereocenters. The van der Waals surface area contributed by atoms with Crippen molar-refractivity contribution in [3.63, 3.8) is 0 Å². The molecule has 5 heteroatoms. The highest BCUT2D eigenvalue weighted by atomic mass is 35.5. The minimum Gasteiger partial charge on any atom is -0.496 e. The van der Waals surface area contributed by atoms with Crippen molar-refractivity contribution in [3.8, 4) is 22.6 Å². The standard InChI is InChI=1S/C19H19ClN2O2/c1-5-14-17(24-4)9-16(23-3)11(2)18(14)12-6-7-15-13(8-12)10-21-19(20)22-15/h6-10H,5H2,1-4H3. The van der Waals surface area contributed by atoms with Crippen LogP contribution >= 0.6 is 11.6 Å². The maximum absolute atomic E-state index is 5.87. The molecule has 24 heavy (non-hydrogen) atoms. The predicted molar refractivity (Wildman–Crippen MR) is 97.2 cm³/mol. The number of ether oxygens (including phenoxy) is 2. The Morgan fingerprint density at radius 3 is 2.50 bits per heavy atom. The lowest BCUT2D eigenvalue weighted by atomic mass is 9.91. The lowest BCUT2D eigenvalue weighted by molar-refractivity contribution is 0.390. The summed E-state index contributed by atoms with van der Waals surface area (Å²) in [5, 5.41) is 1.20. The first kappa shape index (κ1) is 16.5. The second-order valence-electron chi connectivity index (χ2n) is 5.53. The largest absolute Gasteiger partial charge is 0.496 e. The van der Waals surface area contributed by atoms with E-state index in [0.717, 1.165) is 51.1 Å². The van der Waals surface area contributed by atoms with E-state index in [9.17, 15) is 0 Å². The maximum Gasteiger partial charge on any atom is 0.222 e. The zero-order valence-corrected chi connectivity index (χ0v) is 14.9. The fraction of sp³-hybridized carbons (Fsp3) is 0.263. The van der Waals surface area contributed by atoms with Gasteiger partial charge in [-0.1, -0.05) is 13.0 Å². The molecular weight excluding hydrogens is 324 g/mol. The Hall–Kier alpha value is -2.33. The lowest BCUT2D eigenvalue weighted by Gasteiger charge is -2.19. The summed E-state index contributed by atoms with van der Waals surface area (Å²) in [7, 11) is 3.36. The minimum absolute atomic E-state index is 0.253. The van der Waals surface area contributed by atoms with E-state index in [1.165, 1.54) is 0 Å². The molecule has 0 aliphatic heterocycles. The number of aromatic nitrogens is 2. The first-order chi connectivity index (χ1) is 11.6. The SMILES string of the molecule is CCc1c(OC)cc(OC)c(C)c1-c1ccc2nc(Cl)ncc2c1. The van der Waals surface area contributed by atoms with Gasteiger partial charge < -0.3 is 9.47 Å². The van der Waals surface area contributed by atoms with Crippen LogP contribution in [0, 0.1) is 6.92 Å². The minimum atomic E-state index is 0.253. The van der Waals surface area contributed by atoms with Crippen LogP contribution in [0.15, 0.2) is 30.5 Å². The van der Waals surface area contributed by atoms with Crippen molar-refractivity contribution in [2.75, 3.05) is 14.2 Å². The Labute approximate surface area is 146 Å². The zero-order chi connectivity index (χ0) is 17.3. The van der Waals surface area contributed by atoms with Crippen LogP contribution < -0.4 is 9.47 Å². The summed E-state index contributed by atoms with van der Waals surface area (Å²) in [6.07, 6.45) is 2.60. The monoisotopic (exact) mass is 342 g/mol. The highest BCUT2D eigenvalue weighted by Crippen LogP contribution is 2.40. The number of hydrogen-bond donors (Lipinski definition) is 0. The van der Waals surface area contributed by atoms with Crippen molar-refractivity contribution in [2.24, 2.45) is 0 Å². The van der Waals surface area contributed by atoms with Crippen molar-refractivity contribution in [1.82, 2.24) is 9.97 Å². The molecule has 3 rings (SSSR count). The van der Waals surface area contributed by atoms with Gasteiger partial charge in [0.2, 0.25) is 5.28 Å². The van der Waals surface area contributed by atoms with Gasteiger partial charge in [-0.05, 0) is 53.8 Å². The summed E-state index contributed by atoms with van der Waals surface area (Å²) in [4.78, 5) is 8.33. The molecule has 0 N–H and O–H groups in total. The molecule has 4 nitrogen and oxygen atoms in total. The smallest absolute Gasteiger partial charge is 0.222 e. The highest BCUT2D eigenvalue weighted by Gasteiger charge is 2.17. The van der Waals surface area contributed by atoms with E-state index in [4.69, 9.17) is 21.1 Å². The molecular formula is C19H19ClN2O2. The number of halogens is 1. The van der Waals surface area contributed by atoms with E-state index < -0.39 is 0 Å². The summed E-state index contributed by atoms with van der Waals surface area (Å²) in [6.45, 7) is 4.19. The molecule has 124 valence electrons. The van der Waals surface area contributed by atoms with Crippen molar-refractivity contribution in [2.45, 2.75) is 20.3 Å². The Morgan fingerprint density at radius 2 is 1.83 bits per heavy atom. The van der Waals surface area contributed by atoms with Crippen LogP contribution in [-0.4, -0.2) is 24.2 Å². The third kappa shape index (κ3) is 2.78.